The predicted molar refractivity (Wildman–Crippen MR) is 116 cm³/mol. The molecule has 0 spiro atoms. The van der Waals surface area contributed by atoms with Gasteiger partial charge in [-0.25, -0.2) is 4.39 Å². The van der Waals surface area contributed by atoms with Gasteiger partial charge in [-0.2, -0.15) is 5.10 Å². The molecule has 2 amide bonds. The van der Waals surface area contributed by atoms with E-state index in [4.69, 9.17) is 4.74 Å². The largest absolute Gasteiger partial charge is 0.494 e. The van der Waals surface area contributed by atoms with Crippen LogP contribution in [-0.2, 0) is 9.59 Å². The number of benzene rings is 2. The van der Waals surface area contributed by atoms with E-state index in [-0.39, 0.29) is 29.2 Å². The first-order chi connectivity index (χ1) is 14.4. The minimum absolute atomic E-state index is 0.0349. The highest BCUT2D eigenvalue weighted by Crippen LogP contribution is 2.23. The zero-order chi connectivity index (χ0) is 21.5. The summed E-state index contributed by atoms with van der Waals surface area (Å²) in [6.45, 7) is 4.18. The number of thioether (sulfide) groups is 1. The van der Waals surface area contributed by atoms with Crippen LogP contribution in [0.1, 0.15) is 25.8 Å². The summed E-state index contributed by atoms with van der Waals surface area (Å²) in [7, 11) is 0. The third-order valence-corrected chi connectivity index (χ3v) is 5.22. The van der Waals surface area contributed by atoms with E-state index in [1.54, 1.807) is 43.3 Å². The number of nitrogens with one attached hydrogen (secondary N) is 2. The topological polar surface area (TPSA) is 92.1 Å². The zero-order valence-corrected chi connectivity index (χ0v) is 17.3. The molecule has 0 radical (unpaired) electrons. The van der Waals surface area contributed by atoms with E-state index in [9.17, 15) is 14.0 Å². The Balaban J connectivity index is 1.66. The van der Waals surface area contributed by atoms with Crippen LogP contribution in [0.15, 0.2) is 58.7 Å². The van der Waals surface area contributed by atoms with Crippen molar-refractivity contribution in [1.82, 2.24) is 5.32 Å². The maximum Gasteiger partial charge on any atom is 0.238 e. The number of rotatable bonds is 6. The quantitative estimate of drug-likeness (QED) is 0.544. The molecule has 0 aliphatic carbocycles. The van der Waals surface area contributed by atoms with Crippen LogP contribution in [0.5, 0.6) is 5.75 Å². The molecule has 1 fully saturated rings. The third-order valence-electron chi connectivity index (χ3n) is 4.15. The number of hydrogen-bond donors (Lipinski definition) is 2. The van der Waals surface area contributed by atoms with Crippen LogP contribution in [0.25, 0.3) is 0 Å². The molecule has 7 nitrogen and oxygen atoms in total. The lowest BCUT2D eigenvalue weighted by Gasteiger charge is -2.21. The highest BCUT2D eigenvalue weighted by atomic mass is 32.2. The van der Waals surface area contributed by atoms with Crippen LogP contribution >= 0.6 is 11.8 Å². The van der Waals surface area contributed by atoms with Crippen molar-refractivity contribution < 1.29 is 18.7 Å². The SMILES string of the molecule is CCOc1ccc(NC(=O)C2CC(=O)N/C(=N/N=C(/C)c3ccc(F)cc3)S2)cc1. The average molecular weight is 428 g/mol. The summed E-state index contributed by atoms with van der Waals surface area (Å²) in [4.78, 5) is 24.6. The molecule has 2 aromatic carbocycles. The first kappa shape index (κ1) is 21.5. The molecule has 2 N–H and O–H groups in total. The molecule has 1 aliphatic rings. The van der Waals surface area contributed by atoms with E-state index in [0.29, 0.717) is 29.3 Å². The van der Waals surface area contributed by atoms with Gasteiger partial charge in [0.25, 0.3) is 0 Å². The maximum absolute atomic E-state index is 13.0. The molecule has 0 bridgehead atoms. The Bertz CT molecular complexity index is 975. The molecule has 9 heteroatoms. The fourth-order valence-corrected chi connectivity index (χ4v) is 3.56. The van der Waals surface area contributed by atoms with Crippen molar-refractivity contribution in [1.29, 1.82) is 0 Å². The van der Waals surface area contributed by atoms with Crippen molar-refractivity contribution in [2.45, 2.75) is 25.5 Å². The van der Waals surface area contributed by atoms with E-state index in [1.165, 1.54) is 12.1 Å². The van der Waals surface area contributed by atoms with Crippen molar-refractivity contribution in [3.05, 3.63) is 59.9 Å². The van der Waals surface area contributed by atoms with Crippen molar-refractivity contribution >= 4 is 40.1 Å². The van der Waals surface area contributed by atoms with Gasteiger partial charge in [-0.05, 0) is 55.8 Å². The molecule has 3 rings (SSSR count). The third kappa shape index (κ3) is 5.90. The zero-order valence-electron chi connectivity index (χ0n) is 16.5. The van der Waals surface area contributed by atoms with E-state index in [1.807, 2.05) is 6.92 Å². The predicted octanol–water partition coefficient (Wildman–Crippen LogP) is 3.56. The second-order valence-corrected chi connectivity index (χ2v) is 7.59. The van der Waals surface area contributed by atoms with Crippen molar-refractivity contribution in [2.24, 2.45) is 10.2 Å². The van der Waals surface area contributed by atoms with Crippen molar-refractivity contribution in [3.8, 4) is 5.75 Å². The summed E-state index contributed by atoms with van der Waals surface area (Å²) in [6, 6.07) is 12.9. The highest BCUT2D eigenvalue weighted by molar-refractivity contribution is 8.15. The molecule has 0 saturated carbocycles. The smallest absolute Gasteiger partial charge is 0.238 e. The molecular formula is C21H21FN4O3S. The lowest BCUT2D eigenvalue weighted by Crippen LogP contribution is -2.41. The van der Waals surface area contributed by atoms with Crippen LogP contribution in [-0.4, -0.2) is 34.6 Å². The van der Waals surface area contributed by atoms with Gasteiger partial charge >= 0.3 is 0 Å². The van der Waals surface area contributed by atoms with Crippen LogP contribution in [0.2, 0.25) is 0 Å². The summed E-state index contributed by atoms with van der Waals surface area (Å²) < 4.78 is 18.4. The first-order valence-corrected chi connectivity index (χ1v) is 10.2. The van der Waals surface area contributed by atoms with E-state index in [0.717, 1.165) is 11.8 Å². The molecule has 2 aromatic rings. The molecule has 1 aliphatic heterocycles. The summed E-state index contributed by atoms with van der Waals surface area (Å²) >= 11 is 1.13. The Morgan fingerprint density at radius 2 is 1.93 bits per heavy atom. The van der Waals surface area contributed by atoms with Gasteiger partial charge in [0.05, 0.1) is 12.3 Å². The molecule has 1 atom stereocenters. The van der Waals surface area contributed by atoms with E-state index in [2.05, 4.69) is 20.8 Å². The Labute approximate surface area is 177 Å². The Hall–Kier alpha value is -3.20. The van der Waals surface area contributed by atoms with Gasteiger partial charge < -0.3 is 15.4 Å². The summed E-state index contributed by atoms with van der Waals surface area (Å²) in [5.74, 6) is -0.236. The number of carbonyl (C=O) groups is 2. The van der Waals surface area contributed by atoms with Gasteiger partial charge in [-0.15, -0.1) is 5.10 Å². The van der Waals surface area contributed by atoms with Crippen molar-refractivity contribution in [2.75, 3.05) is 11.9 Å². The number of ether oxygens (including phenoxy) is 1. The standard InChI is InChI=1S/C21H21FN4O3S/c1-3-29-17-10-8-16(9-11-17)23-20(28)18-12-19(27)24-21(30-18)26-25-13(2)14-4-6-15(22)7-5-14/h4-11,18H,3,12H2,1-2H3,(H,23,28)(H,24,26,27)/b25-13-. The van der Waals surface area contributed by atoms with Gasteiger partial charge in [0.15, 0.2) is 5.17 Å². The molecule has 30 heavy (non-hydrogen) atoms. The number of hydrogen-bond acceptors (Lipinski definition) is 6. The number of amides is 2. The van der Waals surface area contributed by atoms with Crippen molar-refractivity contribution in [3.63, 3.8) is 0 Å². The lowest BCUT2D eigenvalue weighted by atomic mass is 10.1. The molecule has 1 heterocycles. The van der Waals surface area contributed by atoms with Gasteiger partial charge in [0, 0.05) is 12.1 Å². The second-order valence-electron chi connectivity index (χ2n) is 6.40. The molecule has 156 valence electrons. The molecule has 0 aromatic heterocycles. The average Bonchev–Trinajstić information content (AvgIpc) is 2.74. The lowest BCUT2D eigenvalue weighted by molar-refractivity contribution is -0.123. The number of anilines is 1. The summed E-state index contributed by atoms with van der Waals surface area (Å²) in [5, 5.41) is 13.1. The Morgan fingerprint density at radius 1 is 1.23 bits per heavy atom. The Morgan fingerprint density at radius 3 is 2.60 bits per heavy atom. The number of amidine groups is 1. The van der Waals surface area contributed by atoms with Gasteiger partial charge in [-0.1, -0.05) is 23.9 Å². The number of halogens is 1. The van der Waals surface area contributed by atoms with Gasteiger partial charge in [0.1, 0.15) is 16.8 Å². The van der Waals surface area contributed by atoms with Gasteiger partial charge in [-0.3, -0.25) is 9.59 Å². The highest BCUT2D eigenvalue weighted by Gasteiger charge is 2.30. The molecular weight excluding hydrogens is 407 g/mol. The fraction of sp³-hybridized carbons (Fsp3) is 0.238. The summed E-state index contributed by atoms with van der Waals surface area (Å²) in [6.07, 6.45) is 0.0349. The van der Waals surface area contributed by atoms with E-state index >= 15 is 0 Å². The Kier molecular flexibility index (Phi) is 7.18. The number of carbonyl (C=O) groups excluding carboxylic acids is 2. The monoisotopic (exact) mass is 428 g/mol. The molecule has 1 saturated heterocycles. The first-order valence-electron chi connectivity index (χ1n) is 9.33. The van der Waals surface area contributed by atoms with Crippen LogP contribution in [0, 0.1) is 5.82 Å². The second kappa shape index (κ2) is 10.0. The van der Waals surface area contributed by atoms with Crippen LogP contribution in [0.3, 0.4) is 0 Å². The minimum atomic E-state index is -0.634. The fourth-order valence-electron chi connectivity index (χ4n) is 2.63. The molecule has 1 unspecified atom stereocenters. The van der Waals surface area contributed by atoms with Gasteiger partial charge in [0.2, 0.25) is 11.8 Å². The van der Waals surface area contributed by atoms with Crippen LogP contribution in [0.4, 0.5) is 10.1 Å². The summed E-state index contributed by atoms with van der Waals surface area (Å²) in [5.41, 5.74) is 1.87. The number of nitrogens with zero attached hydrogens (tertiary/aromatic N) is 2. The minimum Gasteiger partial charge on any atom is -0.494 e. The van der Waals surface area contributed by atoms with E-state index < -0.39 is 5.25 Å². The van der Waals surface area contributed by atoms with Crippen LogP contribution < -0.4 is 15.4 Å². The maximum atomic E-state index is 13.0. The normalized spacial score (nSPS) is 18.1.